The van der Waals surface area contributed by atoms with Gasteiger partial charge in [-0.1, -0.05) is 48.5 Å². The van der Waals surface area contributed by atoms with Gasteiger partial charge in [0.05, 0.1) is 11.4 Å². The number of sulfonamides is 1. The number of benzene rings is 3. The van der Waals surface area contributed by atoms with Gasteiger partial charge < -0.3 is 14.6 Å². The standard InChI is InChI=1S/C29H27FN4O5S/c30-20-12-10-19(11-13-20)17-33-24-9-5-4-8-22(24)23-16-25-28(36)32(29(37)34(25)18-26(23)33)15-14-27(35)31-40(38,39)21-6-2-1-3-7-21/h1-13,25,27,31,35H,14-18H2. The van der Waals surface area contributed by atoms with Gasteiger partial charge in [0.25, 0.3) is 5.91 Å². The first-order valence-corrected chi connectivity index (χ1v) is 14.4. The van der Waals surface area contributed by atoms with Gasteiger partial charge in [-0.05, 0) is 41.5 Å². The predicted molar refractivity (Wildman–Crippen MR) is 145 cm³/mol. The van der Waals surface area contributed by atoms with E-state index in [9.17, 15) is 27.5 Å². The molecule has 0 aliphatic carbocycles. The molecule has 0 saturated carbocycles. The zero-order chi connectivity index (χ0) is 28.0. The maximum atomic E-state index is 13.5. The Labute approximate surface area is 230 Å². The number of rotatable bonds is 8. The molecule has 4 aromatic rings. The van der Waals surface area contributed by atoms with Gasteiger partial charge in [0.2, 0.25) is 10.0 Å². The number of fused-ring (bicyclic) bond motifs is 4. The number of aromatic nitrogens is 1. The number of imide groups is 1. The Balaban J connectivity index is 1.20. The summed E-state index contributed by atoms with van der Waals surface area (Å²) in [6.45, 7) is 0.568. The molecular formula is C29H27FN4O5S. The molecule has 1 fully saturated rings. The number of halogens is 1. The van der Waals surface area contributed by atoms with Gasteiger partial charge in [-0.25, -0.2) is 17.6 Å². The molecule has 2 unspecified atom stereocenters. The maximum Gasteiger partial charge on any atom is 0.327 e. The zero-order valence-corrected chi connectivity index (χ0v) is 22.2. The fourth-order valence-corrected chi connectivity index (χ4v) is 6.71. The lowest BCUT2D eigenvalue weighted by atomic mass is 9.97. The Hall–Kier alpha value is -4.06. The monoisotopic (exact) mass is 562 g/mol. The van der Waals surface area contributed by atoms with Gasteiger partial charge in [-0.2, -0.15) is 4.72 Å². The summed E-state index contributed by atoms with van der Waals surface area (Å²) in [5.41, 5.74) is 3.80. The predicted octanol–water partition coefficient (Wildman–Crippen LogP) is 3.20. The Morgan fingerprint density at radius 1 is 0.975 bits per heavy atom. The lowest BCUT2D eigenvalue weighted by molar-refractivity contribution is -0.128. The molecule has 2 atom stereocenters. The first kappa shape index (κ1) is 26.2. The van der Waals surface area contributed by atoms with Gasteiger partial charge in [-0.3, -0.25) is 9.69 Å². The first-order valence-electron chi connectivity index (χ1n) is 12.9. The van der Waals surface area contributed by atoms with Crippen molar-refractivity contribution < 1.29 is 27.5 Å². The summed E-state index contributed by atoms with van der Waals surface area (Å²) in [4.78, 5) is 29.3. The third-order valence-corrected chi connectivity index (χ3v) is 9.02. The van der Waals surface area contributed by atoms with Gasteiger partial charge in [0, 0.05) is 42.5 Å². The van der Waals surface area contributed by atoms with E-state index in [4.69, 9.17) is 0 Å². The second-order valence-electron chi connectivity index (χ2n) is 10.0. The van der Waals surface area contributed by atoms with Crippen molar-refractivity contribution in [3.63, 3.8) is 0 Å². The topological polar surface area (TPSA) is 112 Å². The SMILES string of the molecule is O=C1C2Cc3c(n(Cc4ccc(F)cc4)c4ccccc34)CN2C(=O)N1CCC(O)NS(=O)(=O)c1ccccc1. The zero-order valence-electron chi connectivity index (χ0n) is 21.4. The van der Waals surface area contributed by atoms with Crippen LogP contribution in [0.3, 0.4) is 0 Å². The molecule has 3 aromatic carbocycles. The van der Waals surface area contributed by atoms with Crippen LogP contribution in [0.4, 0.5) is 9.18 Å². The van der Waals surface area contributed by atoms with Crippen LogP contribution in [0.15, 0.2) is 83.8 Å². The van der Waals surface area contributed by atoms with Crippen LogP contribution < -0.4 is 4.72 Å². The van der Waals surface area contributed by atoms with Crippen molar-refractivity contribution in [2.75, 3.05) is 6.54 Å². The molecule has 9 nitrogen and oxygen atoms in total. The number of hydrogen-bond acceptors (Lipinski definition) is 5. The van der Waals surface area contributed by atoms with Crippen molar-refractivity contribution in [3.05, 3.63) is 102 Å². The molecule has 2 aliphatic heterocycles. The van der Waals surface area contributed by atoms with Crippen LogP contribution in [0.1, 0.15) is 23.2 Å². The van der Waals surface area contributed by atoms with Crippen LogP contribution in [0, 0.1) is 5.82 Å². The molecule has 2 aliphatic rings. The van der Waals surface area contributed by atoms with Crippen molar-refractivity contribution in [2.24, 2.45) is 0 Å². The molecule has 3 amide bonds. The lowest BCUT2D eigenvalue weighted by Crippen LogP contribution is -2.40. The van der Waals surface area contributed by atoms with Crippen molar-refractivity contribution in [2.45, 2.75) is 43.1 Å². The van der Waals surface area contributed by atoms with Gasteiger partial charge in [-0.15, -0.1) is 0 Å². The third kappa shape index (κ3) is 4.66. The highest BCUT2D eigenvalue weighted by Gasteiger charge is 2.48. The van der Waals surface area contributed by atoms with Crippen LogP contribution in [-0.4, -0.2) is 58.6 Å². The van der Waals surface area contributed by atoms with Crippen molar-refractivity contribution in [1.29, 1.82) is 0 Å². The number of nitrogens with zero attached hydrogens (tertiary/aromatic N) is 3. The average molecular weight is 563 g/mol. The summed E-state index contributed by atoms with van der Waals surface area (Å²) in [6, 6.07) is 20.6. The molecule has 40 heavy (non-hydrogen) atoms. The second kappa shape index (κ2) is 10.2. The van der Waals surface area contributed by atoms with Crippen molar-refractivity contribution >= 4 is 32.9 Å². The number of amides is 3. The summed E-state index contributed by atoms with van der Waals surface area (Å²) < 4.78 is 42.8. The number of para-hydroxylation sites is 1. The highest BCUT2D eigenvalue weighted by Crippen LogP contribution is 2.37. The third-order valence-electron chi connectivity index (χ3n) is 7.54. The van der Waals surface area contributed by atoms with Crippen LogP contribution in [0.5, 0.6) is 0 Å². The van der Waals surface area contributed by atoms with E-state index < -0.39 is 28.3 Å². The van der Waals surface area contributed by atoms with E-state index in [1.807, 2.05) is 24.3 Å². The lowest BCUT2D eigenvalue weighted by Gasteiger charge is -2.28. The summed E-state index contributed by atoms with van der Waals surface area (Å²) in [6.07, 6.45) is -1.29. The molecule has 0 bridgehead atoms. The van der Waals surface area contributed by atoms with Gasteiger partial charge in [0.15, 0.2) is 0 Å². The fraction of sp³-hybridized carbons (Fsp3) is 0.241. The molecule has 0 spiro atoms. The number of urea groups is 1. The minimum Gasteiger partial charge on any atom is -0.378 e. The van der Waals surface area contributed by atoms with Crippen molar-refractivity contribution in [1.82, 2.24) is 19.1 Å². The van der Waals surface area contributed by atoms with Crippen LogP contribution in [-0.2, 0) is 34.3 Å². The van der Waals surface area contributed by atoms with Crippen LogP contribution in [0.2, 0.25) is 0 Å². The molecule has 1 aromatic heterocycles. The van der Waals surface area contributed by atoms with E-state index in [0.29, 0.717) is 13.0 Å². The van der Waals surface area contributed by atoms with Crippen LogP contribution in [0.25, 0.3) is 10.9 Å². The molecule has 2 N–H and O–H groups in total. The highest BCUT2D eigenvalue weighted by molar-refractivity contribution is 7.89. The molecule has 3 heterocycles. The first-order chi connectivity index (χ1) is 19.2. The minimum atomic E-state index is -3.96. The van der Waals surface area contributed by atoms with E-state index in [1.165, 1.54) is 29.2 Å². The van der Waals surface area contributed by atoms with Gasteiger partial charge in [0.1, 0.15) is 18.1 Å². The summed E-state index contributed by atoms with van der Waals surface area (Å²) in [5, 5.41) is 11.4. The number of aliphatic hydroxyl groups is 1. The van der Waals surface area contributed by atoms with Crippen molar-refractivity contribution in [3.8, 4) is 0 Å². The maximum absolute atomic E-state index is 13.5. The molecular weight excluding hydrogens is 535 g/mol. The Bertz CT molecular complexity index is 1710. The van der Waals surface area contributed by atoms with E-state index in [1.54, 1.807) is 30.3 Å². The average Bonchev–Trinajstić information content (AvgIpc) is 3.38. The summed E-state index contributed by atoms with van der Waals surface area (Å²) >= 11 is 0. The smallest absolute Gasteiger partial charge is 0.327 e. The normalized spacial score (nSPS) is 17.8. The Morgan fingerprint density at radius 2 is 1.68 bits per heavy atom. The largest absolute Gasteiger partial charge is 0.378 e. The summed E-state index contributed by atoms with van der Waals surface area (Å²) in [7, 11) is -3.96. The number of hydrogen-bond donors (Lipinski definition) is 2. The Morgan fingerprint density at radius 3 is 2.42 bits per heavy atom. The van der Waals surface area contributed by atoms with E-state index in [-0.39, 0.29) is 36.1 Å². The van der Waals surface area contributed by atoms with E-state index in [0.717, 1.165) is 32.6 Å². The molecule has 206 valence electrons. The summed E-state index contributed by atoms with van der Waals surface area (Å²) in [5.74, 6) is -0.686. The number of carbonyl (C=O) groups excluding carboxylic acids is 2. The molecule has 11 heteroatoms. The van der Waals surface area contributed by atoms with Gasteiger partial charge >= 0.3 is 6.03 Å². The molecule has 0 radical (unpaired) electrons. The van der Waals surface area contributed by atoms with Crippen LogP contribution >= 0.6 is 0 Å². The highest BCUT2D eigenvalue weighted by atomic mass is 32.2. The van der Waals surface area contributed by atoms with E-state index in [2.05, 4.69) is 9.29 Å². The Kier molecular flexibility index (Phi) is 6.65. The molecule has 6 rings (SSSR count). The number of aliphatic hydroxyl groups excluding tert-OH is 1. The number of carbonyl (C=O) groups is 2. The quantitative estimate of drug-likeness (QED) is 0.253. The minimum absolute atomic E-state index is 0.00516. The number of nitrogens with one attached hydrogen (secondary N) is 1. The van der Waals surface area contributed by atoms with E-state index >= 15 is 0 Å². The fourth-order valence-electron chi connectivity index (χ4n) is 5.58. The second-order valence-corrected chi connectivity index (χ2v) is 11.7. The molecule has 1 saturated heterocycles.